The number of phosphoric ester groups is 3. The summed E-state index contributed by atoms with van der Waals surface area (Å²) in [6.45, 7) is -3.44. The summed E-state index contributed by atoms with van der Waals surface area (Å²) in [5.74, 6) is -1.28. The number of hydrogen-bond acceptors (Lipinski definition) is 31. The molecule has 10 heterocycles. The standard InChI is InChI=1S/C36H47N18O22P3/c37-31-43-11-53(35(59)49-31)23-2-14(17(5-55)70-23)74-78(63,64)68-7-19-15(3-22(72-19)52-10-42-26-28(52)46-34(40)48-30(26)58)75-79(65,66)69-8-20-16(4-24(73-20)54-12-44-32(38)50-36(54)60)76-77(61,62)67-6-18-13(56)1-21(71-18)51-9-41-25-27(51)45-33(39)47-29(25)57/h9-24,55-56H,1-8H2,(H,61,62)(H,63,64)(H,65,66)(H2,37,49,59)(H2,38,50,60)(H3,39,45,47,57)(H3,40,46,48,58)/t13?,14?,15?,16?,17-,18-,19-,20-,21-,22-,23-,24-/m1/s1. The number of aromatic amines is 2. The Balaban J connectivity index is 0.828. The summed E-state index contributed by atoms with van der Waals surface area (Å²) < 4.78 is 101. The predicted octanol–water partition coefficient (Wildman–Crippen LogP) is -4.10. The fourth-order valence-corrected chi connectivity index (χ4v) is 11.8. The highest BCUT2D eigenvalue weighted by atomic mass is 31.2. The van der Waals surface area contributed by atoms with Crippen LogP contribution >= 0.6 is 23.5 Å². The second-order valence-electron chi connectivity index (χ2n) is 17.8. The summed E-state index contributed by atoms with van der Waals surface area (Å²) >= 11 is 0. The Morgan fingerprint density at radius 2 is 0.886 bits per heavy atom. The van der Waals surface area contributed by atoms with E-state index in [0.29, 0.717) is 0 Å². The van der Waals surface area contributed by atoms with Crippen molar-refractivity contribution >= 4 is 69.6 Å². The number of nitrogen functional groups attached to an aromatic ring is 4. The first kappa shape index (κ1) is 55.9. The highest BCUT2D eigenvalue weighted by Gasteiger charge is 2.48. The van der Waals surface area contributed by atoms with Gasteiger partial charge in [-0.2, -0.15) is 19.9 Å². The van der Waals surface area contributed by atoms with Gasteiger partial charge in [0.2, 0.25) is 23.8 Å². The molecule has 79 heavy (non-hydrogen) atoms. The summed E-state index contributed by atoms with van der Waals surface area (Å²) in [6.07, 6.45) is -13.5. The second kappa shape index (κ2) is 21.9. The van der Waals surface area contributed by atoms with Gasteiger partial charge in [-0.3, -0.25) is 65.0 Å². The Labute approximate surface area is 437 Å². The van der Waals surface area contributed by atoms with E-state index in [1.807, 2.05) is 0 Å². The van der Waals surface area contributed by atoms with Gasteiger partial charge in [0.15, 0.2) is 22.3 Å². The fraction of sp³-hybridized carbons (Fsp3) is 0.556. The Hall–Kier alpha value is -6.39. The lowest BCUT2D eigenvalue weighted by Gasteiger charge is -2.25. The maximum atomic E-state index is 13.9. The molecule has 4 aliphatic rings. The van der Waals surface area contributed by atoms with E-state index in [9.17, 15) is 57.8 Å². The molecule has 4 saturated heterocycles. The van der Waals surface area contributed by atoms with Crippen LogP contribution in [-0.2, 0) is 59.8 Å². The van der Waals surface area contributed by atoms with Crippen molar-refractivity contribution in [2.45, 2.75) is 99.4 Å². The van der Waals surface area contributed by atoms with E-state index < -0.39 is 165 Å². The minimum Gasteiger partial charge on any atom is -0.394 e. The van der Waals surface area contributed by atoms with Crippen LogP contribution in [0.5, 0.6) is 0 Å². The number of imidazole rings is 2. The second-order valence-corrected chi connectivity index (χ2v) is 22.0. The molecule has 0 saturated carbocycles. The molecular formula is C36H47N18O22P3. The highest BCUT2D eigenvalue weighted by Crippen LogP contribution is 2.53. The number of nitrogens with one attached hydrogen (secondary N) is 2. The first-order valence-corrected chi connectivity index (χ1v) is 27.6. The van der Waals surface area contributed by atoms with Gasteiger partial charge in [0, 0.05) is 25.7 Å². The third-order valence-electron chi connectivity index (χ3n) is 12.6. The molecule has 6 aromatic rings. The first-order chi connectivity index (χ1) is 37.4. The fourth-order valence-electron chi connectivity index (χ4n) is 8.97. The van der Waals surface area contributed by atoms with Crippen molar-refractivity contribution in [2.24, 2.45) is 0 Å². The monoisotopic (exact) mass is 1180 g/mol. The third kappa shape index (κ3) is 12.2. The number of nitrogens with two attached hydrogens (primary N) is 4. The van der Waals surface area contributed by atoms with E-state index in [2.05, 4.69) is 49.8 Å². The molecule has 10 rings (SSSR count). The molecule has 0 amide bonds. The van der Waals surface area contributed by atoms with E-state index >= 15 is 0 Å². The number of aromatic nitrogens is 14. The number of rotatable bonds is 20. The molecule has 428 valence electrons. The predicted molar refractivity (Wildman–Crippen MR) is 256 cm³/mol. The zero-order chi connectivity index (χ0) is 56.3. The lowest BCUT2D eigenvalue weighted by molar-refractivity contribution is -0.0631. The molecule has 4 fully saturated rings. The van der Waals surface area contributed by atoms with Crippen molar-refractivity contribution in [1.82, 2.24) is 68.1 Å². The minimum atomic E-state index is -5.40. The van der Waals surface area contributed by atoms with Crippen LogP contribution in [-0.4, -0.2) is 168 Å². The van der Waals surface area contributed by atoms with Gasteiger partial charge in [-0.05, 0) is 0 Å². The third-order valence-corrected chi connectivity index (χ3v) is 15.6. The molecule has 40 nitrogen and oxygen atoms in total. The number of H-pyrrole nitrogens is 2. The van der Waals surface area contributed by atoms with Crippen molar-refractivity contribution in [3.8, 4) is 0 Å². The van der Waals surface area contributed by atoms with Crippen molar-refractivity contribution < 1.29 is 84.7 Å². The largest absolute Gasteiger partial charge is 0.472 e. The molecule has 0 aliphatic carbocycles. The van der Waals surface area contributed by atoms with E-state index in [1.54, 1.807) is 0 Å². The van der Waals surface area contributed by atoms with Crippen molar-refractivity contribution in [1.29, 1.82) is 0 Å². The van der Waals surface area contributed by atoms with Crippen molar-refractivity contribution in [2.75, 3.05) is 49.4 Å². The normalized spacial score (nSPS) is 29.5. The summed E-state index contributed by atoms with van der Waals surface area (Å²) in [7, 11) is -15.8. The lowest BCUT2D eigenvalue weighted by atomic mass is 10.2. The van der Waals surface area contributed by atoms with Gasteiger partial charge in [-0.25, -0.2) is 43.2 Å². The number of nitrogens with zero attached hydrogens (tertiary/aromatic N) is 12. The molecule has 6 aromatic heterocycles. The Morgan fingerprint density at radius 1 is 0.532 bits per heavy atom. The van der Waals surface area contributed by atoms with Gasteiger partial charge in [0.25, 0.3) is 11.1 Å². The highest BCUT2D eigenvalue weighted by molar-refractivity contribution is 7.48. The molecular weight excluding hydrogens is 1130 g/mol. The molecule has 0 spiro atoms. The number of ether oxygens (including phenoxy) is 4. The van der Waals surface area contributed by atoms with Crippen LogP contribution in [0.25, 0.3) is 22.3 Å². The molecule has 43 heteroatoms. The molecule has 15 atom stereocenters. The molecule has 4 aliphatic heterocycles. The molecule has 0 aromatic carbocycles. The molecule has 7 unspecified atom stereocenters. The van der Waals surface area contributed by atoms with E-state index in [0.717, 1.165) is 28.1 Å². The van der Waals surface area contributed by atoms with E-state index in [4.69, 9.17) is 69.0 Å². The van der Waals surface area contributed by atoms with Crippen molar-refractivity contribution in [3.05, 3.63) is 67.0 Å². The first-order valence-electron chi connectivity index (χ1n) is 23.2. The zero-order valence-corrected chi connectivity index (χ0v) is 42.8. The van der Waals surface area contributed by atoms with E-state index in [1.165, 1.54) is 15.5 Å². The minimum absolute atomic E-state index is 0.0284. The maximum Gasteiger partial charge on any atom is 0.472 e. The summed E-state index contributed by atoms with van der Waals surface area (Å²) in [4.78, 5) is 119. The van der Waals surface area contributed by atoms with Crippen molar-refractivity contribution in [3.63, 3.8) is 0 Å². The summed E-state index contributed by atoms with van der Waals surface area (Å²) in [5.41, 5.74) is 18.9. The Morgan fingerprint density at radius 3 is 1.30 bits per heavy atom. The Bertz CT molecular complexity index is 3650. The number of aliphatic hydroxyl groups is 2. The van der Waals surface area contributed by atoms with Crippen LogP contribution in [0.15, 0.2) is 44.5 Å². The van der Waals surface area contributed by atoms with Gasteiger partial charge in [-0.15, -0.1) is 0 Å². The quantitative estimate of drug-likeness (QED) is 0.0324. The van der Waals surface area contributed by atoms with Gasteiger partial charge in [0.1, 0.15) is 80.3 Å². The number of aliphatic hydroxyl groups excluding tert-OH is 2. The lowest BCUT2D eigenvalue weighted by Crippen LogP contribution is -2.31. The number of hydrogen-bond donors (Lipinski definition) is 11. The SMILES string of the molecule is Nc1ncn([C@H]2CC(OP(=O)(O)OC[C@H]3O[C@@H](n4cnc5c(=O)[nH]c(N)nc54)CC3OP(=O)(O)OC[C@H]3O[C@@H](n4cnc(N)nc4=O)CC3OP(=O)(O)OC[C@H]3O[C@@H](n4cnc5c(=O)[nH]c(N)nc54)CC3O)[C@@H](CO)O2)c(=O)n1. The number of phosphoric acid groups is 3. The summed E-state index contributed by atoms with van der Waals surface area (Å²) in [6, 6.07) is 0. The van der Waals surface area contributed by atoms with Crippen LogP contribution < -0.4 is 45.4 Å². The van der Waals surface area contributed by atoms with Crippen LogP contribution in [0.2, 0.25) is 0 Å². The van der Waals surface area contributed by atoms with Crippen LogP contribution in [0.3, 0.4) is 0 Å². The zero-order valence-electron chi connectivity index (χ0n) is 40.1. The topological polar surface area (TPSA) is 571 Å². The number of anilines is 4. The van der Waals surface area contributed by atoms with Crippen LogP contribution in [0.4, 0.5) is 23.8 Å². The molecule has 15 N–H and O–H groups in total. The Kier molecular flexibility index (Phi) is 15.5. The number of fused-ring (bicyclic) bond motifs is 2. The van der Waals surface area contributed by atoms with E-state index in [-0.39, 0.29) is 53.0 Å². The van der Waals surface area contributed by atoms with Gasteiger partial charge < -0.3 is 66.8 Å². The maximum absolute atomic E-state index is 13.9. The molecule has 0 radical (unpaired) electrons. The average Bonchev–Trinajstić information content (AvgIpc) is 4.45. The smallest absolute Gasteiger partial charge is 0.394 e. The summed E-state index contributed by atoms with van der Waals surface area (Å²) in [5, 5.41) is 20.8. The van der Waals surface area contributed by atoms with Crippen LogP contribution in [0, 0.1) is 0 Å². The van der Waals surface area contributed by atoms with Gasteiger partial charge in [0.05, 0.1) is 45.2 Å². The van der Waals surface area contributed by atoms with Gasteiger partial charge in [-0.1, -0.05) is 0 Å². The van der Waals surface area contributed by atoms with Gasteiger partial charge >= 0.3 is 34.8 Å². The van der Waals surface area contributed by atoms with Crippen LogP contribution in [0.1, 0.15) is 50.6 Å². The molecule has 0 bridgehead atoms. The average molecular weight is 1180 g/mol.